The number of hydrogen-bond acceptors (Lipinski definition) is 4. The summed E-state index contributed by atoms with van der Waals surface area (Å²) in [6.45, 7) is 1.15. The van der Waals surface area contributed by atoms with Crippen LogP contribution >= 0.6 is 0 Å². The van der Waals surface area contributed by atoms with Crippen molar-refractivity contribution >= 4 is 6.09 Å². The highest BCUT2D eigenvalue weighted by Crippen LogP contribution is 2.32. The van der Waals surface area contributed by atoms with E-state index in [4.69, 9.17) is 4.74 Å². The number of nitrogens with zero attached hydrogens (tertiary/aromatic N) is 4. The Balaban J connectivity index is 1.90. The number of carbonyl (C=O) groups excluding carboxylic acids is 1. The molecule has 0 aromatic carbocycles. The molecular formula is C14H24N4O2. The number of hydrogen-bond donors (Lipinski definition) is 0. The fourth-order valence-corrected chi connectivity index (χ4v) is 2.70. The normalized spacial score (nSPS) is 17.9. The van der Waals surface area contributed by atoms with Crippen LogP contribution in [0.3, 0.4) is 0 Å². The van der Waals surface area contributed by atoms with E-state index in [-0.39, 0.29) is 6.09 Å². The fraction of sp³-hybridized carbons (Fsp3) is 0.714. The first kappa shape index (κ1) is 14.8. The van der Waals surface area contributed by atoms with Crippen molar-refractivity contribution in [3.8, 4) is 0 Å². The highest BCUT2D eigenvalue weighted by Gasteiger charge is 2.26. The first-order chi connectivity index (χ1) is 9.50. The number of aromatic nitrogens is 2. The summed E-state index contributed by atoms with van der Waals surface area (Å²) in [7, 11) is 7.46. The second-order valence-electron chi connectivity index (χ2n) is 5.57. The Morgan fingerprint density at radius 3 is 2.95 bits per heavy atom. The maximum Gasteiger partial charge on any atom is 0.409 e. The number of ether oxygens (including phenoxy) is 1. The van der Waals surface area contributed by atoms with Gasteiger partial charge in [-0.05, 0) is 26.3 Å². The van der Waals surface area contributed by atoms with Crippen molar-refractivity contribution in [3.05, 3.63) is 17.5 Å². The lowest BCUT2D eigenvalue weighted by Crippen LogP contribution is -2.32. The maximum atomic E-state index is 11.4. The molecule has 2 rings (SSSR count). The van der Waals surface area contributed by atoms with Crippen molar-refractivity contribution in [2.45, 2.75) is 25.3 Å². The molecule has 6 nitrogen and oxygen atoms in total. The lowest BCUT2D eigenvalue weighted by molar-refractivity contribution is 0.0981. The zero-order valence-electron chi connectivity index (χ0n) is 12.8. The van der Waals surface area contributed by atoms with Gasteiger partial charge in [-0.15, -0.1) is 0 Å². The summed E-state index contributed by atoms with van der Waals surface area (Å²) >= 11 is 0. The van der Waals surface area contributed by atoms with Crippen LogP contribution < -0.4 is 0 Å². The van der Waals surface area contributed by atoms with Gasteiger partial charge in [-0.1, -0.05) is 0 Å². The van der Waals surface area contributed by atoms with Gasteiger partial charge in [-0.3, -0.25) is 9.58 Å². The molecule has 1 amide bonds. The SMILES string of the molecule is CN(C)C(=O)OCCN(C)C1CCCc2c1cnn2C. The number of rotatable bonds is 4. The fourth-order valence-electron chi connectivity index (χ4n) is 2.70. The van der Waals surface area contributed by atoms with E-state index in [0.717, 1.165) is 19.4 Å². The molecular weight excluding hydrogens is 256 g/mol. The van der Waals surface area contributed by atoms with Crippen LogP contribution in [0.2, 0.25) is 0 Å². The predicted octanol–water partition coefficient (Wildman–Crippen LogP) is 1.43. The highest BCUT2D eigenvalue weighted by molar-refractivity contribution is 5.66. The molecule has 1 unspecified atom stereocenters. The van der Waals surface area contributed by atoms with E-state index in [2.05, 4.69) is 17.0 Å². The number of fused-ring (bicyclic) bond motifs is 1. The molecule has 1 aliphatic rings. The van der Waals surface area contributed by atoms with E-state index in [9.17, 15) is 4.79 Å². The summed E-state index contributed by atoms with van der Waals surface area (Å²) in [6.07, 6.45) is 5.10. The zero-order valence-corrected chi connectivity index (χ0v) is 12.8. The second-order valence-corrected chi connectivity index (χ2v) is 5.57. The summed E-state index contributed by atoms with van der Waals surface area (Å²) in [5.41, 5.74) is 2.65. The lowest BCUT2D eigenvalue weighted by atomic mass is 9.92. The second kappa shape index (κ2) is 6.26. The number of likely N-dealkylation sites (N-methyl/N-ethyl adjacent to an activating group) is 1. The van der Waals surface area contributed by atoms with Gasteiger partial charge in [0.1, 0.15) is 6.61 Å². The van der Waals surface area contributed by atoms with Crippen molar-refractivity contribution in [2.24, 2.45) is 7.05 Å². The van der Waals surface area contributed by atoms with E-state index >= 15 is 0 Å². The largest absolute Gasteiger partial charge is 0.448 e. The predicted molar refractivity (Wildman–Crippen MR) is 76.6 cm³/mol. The molecule has 1 heterocycles. The molecule has 0 aliphatic heterocycles. The molecule has 0 N–H and O–H groups in total. The Morgan fingerprint density at radius 2 is 2.25 bits per heavy atom. The molecule has 112 valence electrons. The van der Waals surface area contributed by atoms with Gasteiger partial charge in [0.2, 0.25) is 0 Å². The minimum absolute atomic E-state index is 0.288. The molecule has 1 aromatic rings. The average molecular weight is 280 g/mol. The number of amides is 1. The van der Waals surface area contributed by atoms with Crippen LogP contribution in [0.5, 0.6) is 0 Å². The Labute approximate surface area is 120 Å². The molecule has 0 bridgehead atoms. The van der Waals surface area contributed by atoms with Gasteiger partial charge in [-0.25, -0.2) is 4.79 Å². The molecule has 1 aromatic heterocycles. The molecule has 0 saturated carbocycles. The quantitative estimate of drug-likeness (QED) is 0.837. The standard InChI is InChI=1S/C14H24N4O2/c1-16(2)14(19)20-9-8-17(3)12-6-5-7-13-11(12)10-15-18(13)4/h10,12H,5-9H2,1-4H3. The molecule has 1 aliphatic carbocycles. The van der Waals surface area contributed by atoms with Gasteiger partial charge >= 0.3 is 6.09 Å². The van der Waals surface area contributed by atoms with Gasteiger partial charge in [-0.2, -0.15) is 5.10 Å². The summed E-state index contributed by atoms with van der Waals surface area (Å²) < 4.78 is 7.16. The molecule has 0 saturated heterocycles. The molecule has 0 radical (unpaired) electrons. The van der Waals surface area contributed by atoms with Gasteiger partial charge in [0.15, 0.2) is 0 Å². The van der Waals surface area contributed by atoms with E-state index in [1.807, 2.05) is 17.9 Å². The minimum atomic E-state index is -0.288. The van der Waals surface area contributed by atoms with Gasteiger partial charge < -0.3 is 9.64 Å². The van der Waals surface area contributed by atoms with Crippen LogP contribution in [0.4, 0.5) is 4.79 Å². The summed E-state index contributed by atoms with van der Waals surface area (Å²) in [5, 5.41) is 4.36. The van der Waals surface area contributed by atoms with Crippen molar-refractivity contribution in [1.29, 1.82) is 0 Å². The van der Waals surface area contributed by atoms with Gasteiger partial charge in [0.05, 0.1) is 6.20 Å². The van der Waals surface area contributed by atoms with Crippen LogP contribution in [0.1, 0.15) is 30.1 Å². The summed E-state index contributed by atoms with van der Waals surface area (Å²) in [6, 6.07) is 0.380. The van der Waals surface area contributed by atoms with Gasteiger partial charge in [0, 0.05) is 45.0 Å². The molecule has 1 atom stereocenters. The number of carbonyl (C=O) groups is 1. The summed E-state index contributed by atoms with van der Waals surface area (Å²) in [4.78, 5) is 15.1. The van der Waals surface area contributed by atoms with Crippen molar-refractivity contribution in [2.75, 3.05) is 34.3 Å². The van der Waals surface area contributed by atoms with Crippen LogP contribution in [-0.2, 0) is 18.2 Å². The third-order valence-corrected chi connectivity index (χ3v) is 3.91. The topological polar surface area (TPSA) is 50.6 Å². The van der Waals surface area contributed by atoms with E-state index in [1.165, 1.54) is 22.6 Å². The van der Waals surface area contributed by atoms with Crippen molar-refractivity contribution in [1.82, 2.24) is 19.6 Å². The zero-order chi connectivity index (χ0) is 14.7. The van der Waals surface area contributed by atoms with Crippen LogP contribution in [0.15, 0.2) is 6.20 Å². The molecule has 0 spiro atoms. The van der Waals surface area contributed by atoms with E-state index in [1.54, 1.807) is 14.1 Å². The Kier molecular flexibility index (Phi) is 4.65. The average Bonchev–Trinajstić information content (AvgIpc) is 2.80. The van der Waals surface area contributed by atoms with Crippen molar-refractivity contribution < 1.29 is 9.53 Å². The van der Waals surface area contributed by atoms with Gasteiger partial charge in [0.25, 0.3) is 0 Å². The Hall–Kier alpha value is -1.56. The Bertz CT molecular complexity index is 470. The van der Waals surface area contributed by atoms with E-state index in [0.29, 0.717) is 12.6 Å². The van der Waals surface area contributed by atoms with E-state index < -0.39 is 0 Å². The number of aryl methyl sites for hydroxylation is 1. The Morgan fingerprint density at radius 1 is 1.50 bits per heavy atom. The highest BCUT2D eigenvalue weighted by atomic mass is 16.6. The van der Waals surface area contributed by atoms with Crippen LogP contribution in [0, 0.1) is 0 Å². The summed E-state index contributed by atoms with van der Waals surface area (Å²) in [5.74, 6) is 0. The maximum absolute atomic E-state index is 11.4. The molecule has 20 heavy (non-hydrogen) atoms. The molecule has 6 heteroatoms. The first-order valence-corrected chi connectivity index (χ1v) is 7.05. The third-order valence-electron chi connectivity index (χ3n) is 3.91. The van der Waals surface area contributed by atoms with Crippen molar-refractivity contribution in [3.63, 3.8) is 0 Å². The van der Waals surface area contributed by atoms with Crippen LogP contribution in [-0.4, -0.2) is 60.0 Å². The van der Waals surface area contributed by atoms with Crippen LogP contribution in [0.25, 0.3) is 0 Å². The monoisotopic (exact) mass is 280 g/mol. The first-order valence-electron chi connectivity index (χ1n) is 7.05. The lowest BCUT2D eigenvalue weighted by Gasteiger charge is -2.31. The molecule has 0 fully saturated rings. The minimum Gasteiger partial charge on any atom is -0.448 e. The smallest absolute Gasteiger partial charge is 0.409 e. The third kappa shape index (κ3) is 3.12.